The average Bonchev–Trinajstić information content (AvgIpc) is 2.83. The minimum Gasteiger partial charge on any atom is -0.507 e. The number of nitrogens with zero attached hydrogens (tertiary/aromatic N) is 2. The van der Waals surface area contributed by atoms with Crippen LogP contribution in [0.5, 0.6) is 11.5 Å². The number of nitro groups is 1. The molecule has 0 spiro atoms. The third kappa shape index (κ3) is 5.84. The number of ether oxygens (including phenoxy) is 1. The van der Waals surface area contributed by atoms with Gasteiger partial charge in [0.15, 0.2) is 0 Å². The highest BCUT2D eigenvalue weighted by Gasteiger charge is 2.13. The molecule has 0 radical (unpaired) electrons. The van der Waals surface area contributed by atoms with Crippen LogP contribution < -0.4 is 10.2 Å². The number of phenols is 1. The highest BCUT2D eigenvalue weighted by atomic mass is 79.9. The predicted octanol–water partition coefficient (Wildman–Crippen LogP) is 6.32. The van der Waals surface area contributed by atoms with E-state index < -0.39 is 10.8 Å². The zero-order valence-electron chi connectivity index (χ0n) is 17.9. The zero-order valence-corrected chi connectivity index (χ0v) is 21.1. The summed E-state index contributed by atoms with van der Waals surface area (Å²) in [6.07, 6.45) is 1.46. The monoisotopic (exact) mass is 597 g/mol. The molecule has 0 fully saturated rings. The van der Waals surface area contributed by atoms with Crippen molar-refractivity contribution in [3.63, 3.8) is 0 Å². The largest absolute Gasteiger partial charge is 0.507 e. The third-order valence-electron chi connectivity index (χ3n) is 5.04. The van der Waals surface area contributed by atoms with Crippen LogP contribution in [-0.2, 0) is 6.61 Å². The van der Waals surface area contributed by atoms with Crippen LogP contribution in [0.25, 0.3) is 10.8 Å². The van der Waals surface area contributed by atoms with Gasteiger partial charge < -0.3 is 9.84 Å². The minimum absolute atomic E-state index is 0.0164. The van der Waals surface area contributed by atoms with Crippen LogP contribution in [-0.4, -0.2) is 22.2 Å². The van der Waals surface area contributed by atoms with Crippen LogP contribution in [0.15, 0.2) is 86.8 Å². The van der Waals surface area contributed by atoms with Crippen molar-refractivity contribution in [2.45, 2.75) is 6.61 Å². The Kier molecular flexibility index (Phi) is 7.42. The molecule has 8 nitrogen and oxygen atoms in total. The van der Waals surface area contributed by atoms with Gasteiger partial charge in [0.2, 0.25) is 0 Å². The maximum absolute atomic E-state index is 12.5. The van der Waals surface area contributed by atoms with E-state index in [1.165, 1.54) is 24.4 Å². The molecule has 0 aliphatic carbocycles. The van der Waals surface area contributed by atoms with Crippen LogP contribution in [0, 0.1) is 10.1 Å². The van der Waals surface area contributed by atoms with Crippen LogP contribution >= 0.6 is 31.9 Å². The average molecular weight is 599 g/mol. The van der Waals surface area contributed by atoms with E-state index in [0.717, 1.165) is 16.3 Å². The first kappa shape index (κ1) is 24.4. The summed E-state index contributed by atoms with van der Waals surface area (Å²) in [6.45, 7) is 0.216. The van der Waals surface area contributed by atoms with Crippen LogP contribution in [0.2, 0.25) is 0 Å². The second kappa shape index (κ2) is 10.7. The van der Waals surface area contributed by atoms with Gasteiger partial charge in [-0.05, 0) is 90.2 Å². The molecule has 0 heterocycles. The van der Waals surface area contributed by atoms with Crippen LogP contribution in [0.1, 0.15) is 21.5 Å². The first-order chi connectivity index (χ1) is 16.8. The second-order valence-corrected chi connectivity index (χ2v) is 9.15. The van der Waals surface area contributed by atoms with Gasteiger partial charge in [-0.3, -0.25) is 14.9 Å². The van der Waals surface area contributed by atoms with E-state index in [1.54, 1.807) is 30.3 Å². The molecule has 0 unspecified atom stereocenters. The Bertz CT molecular complexity index is 1430. The number of amides is 1. The van der Waals surface area contributed by atoms with E-state index >= 15 is 0 Å². The summed E-state index contributed by atoms with van der Waals surface area (Å²) < 4.78 is 7.15. The first-order valence-electron chi connectivity index (χ1n) is 10.2. The predicted molar refractivity (Wildman–Crippen MR) is 140 cm³/mol. The Morgan fingerprint density at radius 1 is 1.03 bits per heavy atom. The second-order valence-electron chi connectivity index (χ2n) is 7.44. The number of hydrogen-bond acceptors (Lipinski definition) is 6. The fraction of sp³-hybridized carbons (Fsp3) is 0.0400. The number of phenolic OH excluding ortho intramolecular Hbond substituents is 1. The fourth-order valence-corrected chi connectivity index (χ4v) is 4.75. The van der Waals surface area contributed by atoms with Gasteiger partial charge in [0.1, 0.15) is 18.1 Å². The molecular formula is C25H17Br2N3O5. The lowest BCUT2D eigenvalue weighted by Gasteiger charge is -2.11. The molecule has 10 heteroatoms. The smallest absolute Gasteiger partial charge is 0.275 e. The van der Waals surface area contributed by atoms with Gasteiger partial charge in [-0.25, -0.2) is 5.43 Å². The Balaban J connectivity index is 1.42. The van der Waals surface area contributed by atoms with Gasteiger partial charge in [-0.2, -0.15) is 5.10 Å². The van der Waals surface area contributed by atoms with Crippen LogP contribution in [0.3, 0.4) is 0 Å². The Morgan fingerprint density at radius 3 is 2.29 bits per heavy atom. The number of nitro benzene ring substituents is 1. The van der Waals surface area contributed by atoms with Gasteiger partial charge in [-0.15, -0.1) is 0 Å². The normalized spacial score (nSPS) is 11.0. The summed E-state index contributed by atoms with van der Waals surface area (Å²) in [7, 11) is 0. The number of carbonyl (C=O) groups is 1. The highest BCUT2D eigenvalue weighted by molar-refractivity contribution is 9.11. The molecule has 0 aliphatic rings. The van der Waals surface area contributed by atoms with E-state index in [9.17, 15) is 20.0 Å². The Labute approximate surface area is 216 Å². The van der Waals surface area contributed by atoms with E-state index in [0.29, 0.717) is 20.3 Å². The SMILES string of the molecule is O=C(NN=Cc1cc(Br)c(OCc2ccc([N+](=O)[O-])cc2)c(Br)c1)c1cc2ccccc2cc1O. The van der Waals surface area contributed by atoms with Crippen molar-refractivity contribution in [2.24, 2.45) is 5.10 Å². The van der Waals surface area contributed by atoms with E-state index in [-0.39, 0.29) is 23.6 Å². The number of non-ortho nitro benzene ring substituents is 1. The van der Waals surface area contributed by atoms with Gasteiger partial charge in [-0.1, -0.05) is 24.3 Å². The fourth-order valence-electron chi connectivity index (χ4n) is 3.30. The van der Waals surface area contributed by atoms with Crippen molar-refractivity contribution in [1.82, 2.24) is 5.43 Å². The van der Waals surface area contributed by atoms with Crippen molar-refractivity contribution >= 4 is 60.4 Å². The number of aromatic hydroxyl groups is 1. The molecule has 0 aromatic heterocycles. The maximum atomic E-state index is 12.5. The molecule has 0 aliphatic heterocycles. The first-order valence-corrected chi connectivity index (χ1v) is 11.8. The molecule has 0 saturated carbocycles. The van der Waals surface area contributed by atoms with Gasteiger partial charge >= 0.3 is 0 Å². The van der Waals surface area contributed by atoms with Crippen molar-refractivity contribution in [3.8, 4) is 11.5 Å². The molecule has 0 bridgehead atoms. The van der Waals surface area contributed by atoms with Gasteiger partial charge in [0.25, 0.3) is 11.6 Å². The maximum Gasteiger partial charge on any atom is 0.275 e. The number of hydrogen-bond donors (Lipinski definition) is 2. The van der Waals surface area contributed by atoms with Crippen molar-refractivity contribution in [2.75, 3.05) is 0 Å². The standard InChI is InChI=1S/C25H17Br2N3O5/c26-21-9-16(10-22(27)24(21)35-14-15-5-7-19(8-6-15)30(33)34)13-28-29-25(32)20-11-17-3-1-2-4-18(17)12-23(20)31/h1-13,31H,14H2,(H,29,32). The third-order valence-corrected chi connectivity index (χ3v) is 6.22. The van der Waals surface area contributed by atoms with Gasteiger partial charge in [0, 0.05) is 12.1 Å². The molecule has 35 heavy (non-hydrogen) atoms. The van der Waals surface area contributed by atoms with Crippen molar-refractivity contribution in [3.05, 3.63) is 109 Å². The lowest BCUT2D eigenvalue weighted by Crippen LogP contribution is -2.17. The number of carbonyl (C=O) groups excluding carboxylic acids is 1. The number of nitrogens with one attached hydrogen (secondary N) is 1. The molecule has 4 aromatic rings. The quantitative estimate of drug-likeness (QED) is 0.147. The number of benzene rings is 4. The van der Waals surface area contributed by atoms with E-state index in [4.69, 9.17) is 4.74 Å². The summed E-state index contributed by atoms with van der Waals surface area (Å²) in [5.41, 5.74) is 4.02. The van der Waals surface area contributed by atoms with Crippen LogP contribution in [0.4, 0.5) is 5.69 Å². The lowest BCUT2D eigenvalue weighted by atomic mass is 10.1. The topological polar surface area (TPSA) is 114 Å². The molecule has 1 amide bonds. The summed E-state index contributed by atoms with van der Waals surface area (Å²) in [5.74, 6) is -0.118. The molecular weight excluding hydrogens is 582 g/mol. The van der Waals surface area contributed by atoms with Gasteiger partial charge in [0.05, 0.1) is 25.6 Å². The number of hydrazone groups is 1. The molecule has 4 rings (SSSR count). The van der Waals surface area contributed by atoms with E-state index in [2.05, 4.69) is 42.4 Å². The molecule has 0 saturated heterocycles. The minimum atomic E-state index is -0.536. The molecule has 2 N–H and O–H groups in total. The molecule has 4 aromatic carbocycles. The Morgan fingerprint density at radius 2 is 1.66 bits per heavy atom. The number of rotatable bonds is 7. The van der Waals surface area contributed by atoms with Crippen molar-refractivity contribution in [1.29, 1.82) is 0 Å². The highest BCUT2D eigenvalue weighted by Crippen LogP contribution is 2.35. The zero-order chi connectivity index (χ0) is 24.9. The van der Waals surface area contributed by atoms with Crippen molar-refractivity contribution < 1.29 is 19.6 Å². The summed E-state index contributed by atoms with van der Waals surface area (Å²) >= 11 is 6.93. The Hall–Kier alpha value is -3.76. The number of halogens is 2. The summed E-state index contributed by atoms with van der Waals surface area (Å²) in [4.78, 5) is 22.8. The summed E-state index contributed by atoms with van der Waals surface area (Å²) in [5, 5.41) is 26.6. The number of fused-ring (bicyclic) bond motifs is 1. The van der Waals surface area contributed by atoms with E-state index in [1.807, 2.05) is 24.3 Å². The lowest BCUT2D eigenvalue weighted by molar-refractivity contribution is -0.384. The summed E-state index contributed by atoms with van der Waals surface area (Å²) in [6, 6.07) is 20.2. The molecule has 176 valence electrons. The molecule has 0 atom stereocenters.